The zero-order chi connectivity index (χ0) is 19.9. The SMILES string of the molecule is COc1ccc(Br)c(C(=O)N(CC(=O)Nc2ccccc2)Cc2ccco2)c1. The molecule has 0 spiro atoms. The molecule has 3 aromatic rings. The molecule has 0 aliphatic heterocycles. The molecular formula is C21H19BrN2O4. The van der Waals surface area contributed by atoms with E-state index in [2.05, 4.69) is 21.2 Å². The number of amides is 2. The summed E-state index contributed by atoms with van der Waals surface area (Å²) in [7, 11) is 1.53. The molecule has 0 aliphatic rings. The average molecular weight is 443 g/mol. The molecule has 0 fully saturated rings. The molecule has 0 unspecified atom stereocenters. The second-order valence-electron chi connectivity index (χ2n) is 6.00. The Balaban J connectivity index is 1.82. The molecule has 1 N–H and O–H groups in total. The number of nitrogens with one attached hydrogen (secondary N) is 1. The van der Waals surface area contributed by atoms with Gasteiger partial charge in [-0.05, 0) is 58.4 Å². The number of benzene rings is 2. The molecule has 0 aliphatic carbocycles. The molecule has 28 heavy (non-hydrogen) atoms. The number of carbonyl (C=O) groups is 2. The summed E-state index contributed by atoms with van der Waals surface area (Å²) in [6.07, 6.45) is 1.53. The zero-order valence-corrected chi connectivity index (χ0v) is 16.8. The van der Waals surface area contributed by atoms with Crippen LogP contribution >= 0.6 is 15.9 Å². The van der Waals surface area contributed by atoms with Crippen LogP contribution < -0.4 is 10.1 Å². The van der Waals surface area contributed by atoms with Gasteiger partial charge in [-0.3, -0.25) is 9.59 Å². The van der Waals surface area contributed by atoms with Crippen LogP contribution in [0.4, 0.5) is 5.69 Å². The highest BCUT2D eigenvalue weighted by atomic mass is 79.9. The molecule has 1 heterocycles. The van der Waals surface area contributed by atoms with E-state index in [1.807, 2.05) is 18.2 Å². The molecule has 0 bridgehead atoms. The first-order chi connectivity index (χ1) is 13.6. The van der Waals surface area contributed by atoms with E-state index in [1.165, 1.54) is 18.3 Å². The maximum Gasteiger partial charge on any atom is 0.256 e. The largest absolute Gasteiger partial charge is 0.497 e. The third-order valence-electron chi connectivity index (χ3n) is 4.01. The highest BCUT2D eigenvalue weighted by molar-refractivity contribution is 9.10. The smallest absolute Gasteiger partial charge is 0.256 e. The lowest BCUT2D eigenvalue weighted by atomic mass is 10.1. The van der Waals surface area contributed by atoms with Gasteiger partial charge in [0.15, 0.2) is 0 Å². The van der Waals surface area contributed by atoms with Gasteiger partial charge in [0.25, 0.3) is 5.91 Å². The number of hydrogen-bond donors (Lipinski definition) is 1. The van der Waals surface area contributed by atoms with E-state index in [0.717, 1.165) is 0 Å². The lowest BCUT2D eigenvalue weighted by molar-refractivity contribution is -0.117. The molecule has 0 radical (unpaired) electrons. The van der Waals surface area contributed by atoms with Gasteiger partial charge >= 0.3 is 0 Å². The van der Waals surface area contributed by atoms with Gasteiger partial charge in [-0.25, -0.2) is 0 Å². The third-order valence-corrected chi connectivity index (χ3v) is 4.70. The van der Waals surface area contributed by atoms with Crippen molar-refractivity contribution in [3.8, 4) is 5.75 Å². The average Bonchev–Trinajstić information content (AvgIpc) is 3.21. The van der Waals surface area contributed by atoms with Crippen molar-refractivity contribution in [2.45, 2.75) is 6.54 Å². The minimum Gasteiger partial charge on any atom is -0.497 e. The van der Waals surface area contributed by atoms with Gasteiger partial charge in [0.1, 0.15) is 18.1 Å². The van der Waals surface area contributed by atoms with Crippen LogP contribution in [0.5, 0.6) is 5.75 Å². The molecule has 0 saturated heterocycles. The normalized spacial score (nSPS) is 10.4. The summed E-state index contributed by atoms with van der Waals surface area (Å²) in [5.41, 5.74) is 1.07. The second-order valence-corrected chi connectivity index (χ2v) is 6.85. The van der Waals surface area contributed by atoms with E-state index in [4.69, 9.17) is 9.15 Å². The fourth-order valence-corrected chi connectivity index (χ4v) is 3.07. The van der Waals surface area contributed by atoms with Crippen molar-refractivity contribution in [1.82, 2.24) is 4.90 Å². The molecule has 2 amide bonds. The Morgan fingerprint density at radius 2 is 1.89 bits per heavy atom. The Labute approximate surface area is 171 Å². The number of ether oxygens (including phenoxy) is 1. The van der Waals surface area contributed by atoms with Crippen molar-refractivity contribution >= 4 is 33.4 Å². The van der Waals surface area contributed by atoms with Crippen molar-refractivity contribution in [3.05, 3.63) is 82.7 Å². The summed E-state index contributed by atoms with van der Waals surface area (Å²) in [5, 5.41) is 2.80. The van der Waals surface area contributed by atoms with Crippen LogP contribution in [0.2, 0.25) is 0 Å². The van der Waals surface area contributed by atoms with Gasteiger partial charge in [-0.15, -0.1) is 0 Å². The van der Waals surface area contributed by atoms with E-state index in [0.29, 0.717) is 27.2 Å². The molecular weight excluding hydrogens is 424 g/mol. The summed E-state index contributed by atoms with van der Waals surface area (Å²) in [6, 6.07) is 17.7. The Hall–Kier alpha value is -3.06. The van der Waals surface area contributed by atoms with Crippen molar-refractivity contribution in [3.63, 3.8) is 0 Å². The number of anilines is 1. The van der Waals surface area contributed by atoms with Gasteiger partial charge < -0.3 is 19.4 Å². The van der Waals surface area contributed by atoms with E-state index in [9.17, 15) is 9.59 Å². The Bertz CT molecular complexity index is 942. The highest BCUT2D eigenvalue weighted by Crippen LogP contribution is 2.24. The number of halogens is 1. The molecule has 0 saturated carbocycles. The number of furan rings is 1. The number of hydrogen-bond acceptors (Lipinski definition) is 4. The van der Waals surface area contributed by atoms with E-state index in [1.54, 1.807) is 42.5 Å². The van der Waals surface area contributed by atoms with E-state index < -0.39 is 0 Å². The van der Waals surface area contributed by atoms with E-state index >= 15 is 0 Å². The Morgan fingerprint density at radius 1 is 1.11 bits per heavy atom. The summed E-state index contributed by atoms with van der Waals surface area (Å²) in [6.45, 7) is 0.0375. The minimum atomic E-state index is -0.314. The molecule has 3 rings (SSSR count). The van der Waals surface area contributed by atoms with Crippen LogP contribution in [-0.2, 0) is 11.3 Å². The summed E-state index contributed by atoms with van der Waals surface area (Å²) < 4.78 is 11.2. The molecule has 6 nitrogen and oxygen atoms in total. The summed E-state index contributed by atoms with van der Waals surface area (Å²) in [4.78, 5) is 27.1. The minimum absolute atomic E-state index is 0.127. The number of nitrogens with zero attached hydrogens (tertiary/aromatic N) is 1. The first-order valence-corrected chi connectivity index (χ1v) is 9.36. The number of carbonyl (C=O) groups excluding carboxylic acids is 2. The number of para-hydroxylation sites is 1. The molecule has 2 aromatic carbocycles. The topological polar surface area (TPSA) is 71.8 Å². The standard InChI is InChI=1S/C21H19BrN2O4/c1-27-16-9-10-19(22)18(12-16)21(26)24(13-17-8-5-11-28-17)14-20(25)23-15-6-3-2-4-7-15/h2-12H,13-14H2,1H3,(H,23,25). The molecule has 7 heteroatoms. The summed E-state index contributed by atoms with van der Waals surface area (Å²) >= 11 is 3.40. The Kier molecular flexibility index (Phi) is 6.49. The lowest BCUT2D eigenvalue weighted by Gasteiger charge is -2.22. The summed E-state index contributed by atoms with van der Waals surface area (Å²) in [5.74, 6) is 0.522. The van der Waals surface area contributed by atoms with Gasteiger partial charge in [-0.2, -0.15) is 0 Å². The van der Waals surface area contributed by atoms with Crippen LogP contribution in [0.1, 0.15) is 16.1 Å². The third kappa shape index (κ3) is 5.01. The maximum absolute atomic E-state index is 13.2. The predicted octanol–water partition coefficient (Wildman–Crippen LogP) is 4.33. The second kappa shape index (κ2) is 9.23. The molecule has 144 valence electrons. The maximum atomic E-state index is 13.2. The molecule has 1 aromatic heterocycles. The van der Waals surface area contributed by atoms with Crippen molar-refractivity contribution in [2.24, 2.45) is 0 Å². The van der Waals surface area contributed by atoms with Gasteiger partial charge in [0.2, 0.25) is 5.91 Å². The zero-order valence-electron chi connectivity index (χ0n) is 15.2. The van der Waals surface area contributed by atoms with Crippen LogP contribution in [0.3, 0.4) is 0 Å². The van der Waals surface area contributed by atoms with Crippen LogP contribution in [0, 0.1) is 0 Å². The van der Waals surface area contributed by atoms with Crippen LogP contribution in [0.25, 0.3) is 0 Å². The van der Waals surface area contributed by atoms with Gasteiger partial charge in [0, 0.05) is 10.2 Å². The predicted molar refractivity (Wildman–Crippen MR) is 109 cm³/mol. The fourth-order valence-electron chi connectivity index (χ4n) is 2.65. The lowest BCUT2D eigenvalue weighted by Crippen LogP contribution is -2.37. The Morgan fingerprint density at radius 3 is 2.57 bits per heavy atom. The van der Waals surface area contributed by atoms with Crippen LogP contribution in [-0.4, -0.2) is 30.4 Å². The van der Waals surface area contributed by atoms with Gasteiger partial charge in [-0.1, -0.05) is 18.2 Å². The quantitative estimate of drug-likeness (QED) is 0.590. The first-order valence-electron chi connectivity index (χ1n) is 8.57. The van der Waals surface area contributed by atoms with Crippen LogP contribution in [0.15, 0.2) is 75.8 Å². The fraction of sp³-hybridized carbons (Fsp3) is 0.143. The van der Waals surface area contributed by atoms with Crippen molar-refractivity contribution < 1.29 is 18.7 Å². The number of methoxy groups -OCH3 is 1. The van der Waals surface area contributed by atoms with Crippen molar-refractivity contribution in [1.29, 1.82) is 0 Å². The molecule has 0 atom stereocenters. The van der Waals surface area contributed by atoms with E-state index in [-0.39, 0.29) is 24.9 Å². The highest BCUT2D eigenvalue weighted by Gasteiger charge is 2.23. The van der Waals surface area contributed by atoms with Gasteiger partial charge in [0.05, 0.1) is 25.5 Å². The first kappa shape index (κ1) is 19.7. The van der Waals surface area contributed by atoms with Crippen molar-refractivity contribution in [2.75, 3.05) is 19.0 Å². The monoisotopic (exact) mass is 442 g/mol. The number of rotatable bonds is 7.